The van der Waals surface area contributed by atoms with Crippen molar-refractivity contribution in [3.8, 4) is 0 Å². The quantitative estimate of drug-likeness (QED) is 0.515. The summed E-state index contributed by atoms with van der Waals surface area (Å²) in [7, 11) is 0. The van der Waals surface area contributed by atoms with Crippen molar-refractivity contribution in [1.29, 1.82) is 0 Å². The van der Waals surface area contributed by atoms with E-state index >= 15 is 0 Å². The Morgan fingerprint density at radius 3 is 3.00 bits per heavy atom. The van der Waals surface area contributed by atoms with E-state index in [2.05, 4.69) is 31.2 Å². The van der Waals surface area contributed by atoms with Gasteiger partial charge >= 0.3 is 0 Å². The van der Waals surface area contributed by atoms with Crippen LogP contribution < -0.4 is 0 Å². The molecule has 2 aromatic carbocycles. The molecule has 0 spiro atoms. The zero-order valence-corrected chi connectivity index (χ0v) is 7.87. The highest BCUT2D eigenvalue weighted by molar-refractivity contribution is 6.05. The van der Waals surface area contributed by atoms with Crippen LogP contribution in [0.5, 0.6) is 0 Å². The van der Waals surface area contributed by atoms with E-state index in [9.17, 15) is 0 Å². The molecule has 14 heavy (non-hydrogen) atoms. The molecular formula is C13H9O. The van der Waals surface area contributed by atoms with Crippen LogP contribution in [0.25, 0.3) is 21.9 Å². The van der Waals surface area contributed by atoms with Crippen LogP contribution in [0.15, 0.2) is 40.8 Å². The van der Waals surface area contributed by atoms with E-state index in [-0.39, 0.29) is 0 Å². The third kappa shape index (κ3) is 0.896. The Labute approximate surface area is 82.0 Å². The second-order valence-electron chi connectivity index (χ2n) is 3.48. The minimum absolute atomic E-state index is 0.914. The Kier molecular flexibility index (Phi) is 1.42. The third-order valence-corrected chi connectivity index (χ3v) is 2.54. The Morgan fingerprint density at radius 2 is 2.07 bits per heavy atom. The predicted octanol–water partition coefficient (Wildman–Crippen LogP) is 3.69. The topological polar surface area (TPSA) is 13.1 Å². The van der Waals surface area contributed by atoms with Gasteiger partial charge in [-0.15, -0.1) is 0 Å². The molecule has 1 heterocycles. The first-order valence-corrected chi connectivity index (χ1v) is 4.64. The summed E-state index contributed by atoms with van der Waals surface area (Å²) < 4.78 is 5.75. The van der Waals surface area contributed by atoms with E-state index in [4.69, 9.17) is 4.42 Å². The number of rotatable bonds is 0. The number of benzene rings is 2. The minimum Gasteiger partial charge on any atom is -0.456 e. The molecule has 0 saturated carbocycles. The first-order chi connectivity index (χ1) is 6.86. The summed E-state index contributed by atoms with van der Waals surface area (Å²) in [6, 6.07) is 15.1. The first-order valence-electron chi connectivity index (χ1n) is 4.64. The van der Waals surface area contributed by atoms with E-state index in [1.165, 1.54) is 16.3 Å². The molecule has 1 heteroatoms. The lowest BCUT2D eigenvalue weighted by Gasteiger charge is -1.91. The van der Waals surface area contributed by atoms with Crippen LogP contribution >= 0.6 is 0 Å². The molecule has 67 valence electrons. The molecule has 0 aliphatic carbocycles. The van der Waals surface area contributed by atoms with Crippen molar-refractivity contribution in [2.75, 3.05) is 0 Å². The Bertz CT molecular complexity index is 605. The normalized spacial score (nSPS) is 11.2. The van der Waals surface area contributed by atoms with Gasteiger partial charge in [-0.1, -0.05) is 24.3 Å². The fourth-order valence-corrected chi connectivity index (χ4v) is 1.83. The third-order valence-electron chi connectivity index (χ3n) is 2.54. The van der Waals surface area contributed by atoms with Gasteiger partial charge in [-0.05, 0) is 30.7 Å². The monoisotopic (exact) mass is 181 g/mol. The van der Waals surface area contributed by atoms with Crippen LogP contribution in [0.4, 0.5) is 0 Å². The summed E-state index contributed by atoms with van der Waals surface area (Å²) in [5.74, 6) is 0. The average Bonchev–Trinajstić information content (AvgIpc) is 2.59. The summed E-state index contributed by atoms with van der Waals surface area (Å²) in [5, 5.41) is 2.36. The highest BCUT2D eigenvalue weighted by Crippen LogP contribution is 2.29. The van der Waals surface area contributed by atoms with Crippen LogP contribution in [-0.2, 0) is 0 Å². The van der Waals surface area contributed by atoms with Gasteiger partial charge in [0.2, 0.25) is 0 Å². The summed E-state index contributed by atoms with van der Waals surface area (Å²) in [5.41, 5.74) is 3.08. The van der Waals surface area contributed by atoms with Crippen LogP contribution in [0.3, 0.4) is 0 Å². The molecule has 0 aliphatic rings. The second kappa shape index (κ2) is 2.61. The van der Waals surface area contributed by atoms with Crippen molar-refractivity contribution in [3.05, 3.63) is 48.0 Å². The number of hydrogen-bond acceptors (Lipinski definition) is 1. The van der Waals surface area contributed by atoms with Gasteiger partial charge in [-0.2, -0.15) is 0 Å². The fourth-order valence-electron chi connectivity index (χ4n) is 1.83. The largest absolute Gasteiger partial charge is 0.456 e. The second-order valence-corrected chi connectivity index (χ2v) is 3.48. The van der Waals surface area contributed by atoms with Crippen molar-refractivity contribution in [1.82, 2.24) is 0 Å². The molecule has 0 aliphatic heterocycles. The van der Waals surface area contributed by atoms with Gasteiger partial charge in [-0.25, -0.2) is 0 Å². The van der Waals surface area contributed by atoms with Gasteiger partial charge in [0.15, 0.2) is 0 Å². The van der Waals surface area contributed by atoms with E-state index < -0.39 is 0 Å². The molecule has 0 N–H and O–H groups in total. The van der Waals surface area contributed by atoms with Crippen LogP contribution in [0.2, 0.25) is 0 Å². The SMILES string of the molecule is Cc1cccc2c1oc1c[c]ccc12. The van der Waals surface area contributed by atoms with Crippen molar-refractivity contribution in [2.24, 2.45) is 0 Å². The van der Waals surface area contributed by atoms with Crippen molar-refractivity contribution in [2.45, 2.75) is 6.92 Å². The number of para-hydroxylation sites is 1. The van der Waals surface area contributed by atoms with Crippen LogP contribution in [0.1, 0.15) is 5.56 Å². The lowest BCUT2D eigenvalue weighted by molar-refractivity contribution is 0.665. The van der Waals surface area contributed by atoms with E-state index in [0.717, 1.165) is 11.2 Å². The summed E-state index contributed by atoms with van der Waals surface area (Å²) in [6.45, 7) is 2.06. The molecule has 1 nitrogen and oxygen atoms in total. The molecule has 3 rings (SSSR count). The molecule has 0 fully saturated rings. The fraction of sp³-hybridized carbons (Fsp3) is 0.0769. The summed E-state index contributed by atoms with van der Waals surface area (Å²) in [6.07, 6.45) is 0. The number of aryl methyl sites for hydroxylation is 1. The van der Waals surface area contributed by atoms with Gasteiger partial charge < -0.3 is 4.42 Å². The first kappa shape index (κ1) is 7.63. The molecule has 3 aromatic rings. The number of hydrogen-bond donors (Lipinski definition) is 0. The lowest BCUT2D eigenvalue weighted by Crippen LogP contribution is -1.70. The molecule has 1 radical (unpaired) electrons. The predicted molar refractivity (Wildman–Crippen MR) is 57.3 cm³/mol. The number of furan rings is 1. The van der Waals surface area contributed by atoms with Crippen LogP contribution in [0, 0.1) is 13.0 Å². The molecule has 1 aromatic heterocycles. The Hall–Kier alpha value is -1.76. The maximum atomic E-state index is 5.75. The minimum atomic E-state index is 0.914. The van der Waals surface area contributed by atoms with E-state index in [1.54, 1.807) is 0 Å². The molecule has 0 bridgehead atoms. The van der Waals surface area contributed by atoms with Crippen LogP contribution in [-0.4, -0.2) is 0 Å². The highest BCUT2D eigenvalue weighted by Gasteiger charge is 2.06. The molecule has 0 saturated heterocycles. The maximum absolute atomic E-state index is 5.75. The average molecular weight is 181 g/mol. The summed E-state index contributed by atoms with van der Waals surface area (Å²) in [4.78, 5) is 0. The standard InChI is InChI=1S/C13H9O/c1-9-5-4-7-11-10-6-2-3-8-12(10)14-13(9)11/h2,4-8H,1H3. The van der Waals surface area contributed by atoms with Gasteiger partial charge in [0, 0.05) is 10.8 Å². The molecule has 0 amide bonds. The van der Waals surface area contributed by atoms with Crippen molar-refractivity contribution in [3.63, 3.8) is 0 Å². The van der Waals surface area contributed by atoms with E-state index in [1.807, 2.05) is 18.2 Å². The Balaban J connectivity index is 2.63. The Morgan fingerprint density at radius 1 is 1.14 bits per heavy atom. The molecule has 0 atom stereocenters. The number of fused-ring (bicyclic) bond motifs is 3. The van der Waals surface area contributed by atoms with Crippen molar-refractivity contribution < 1.29 is 4.42 Å². The zero-order valence-electron chi connectivity index (χ0n) is 7.87. The summed E-state index contributed by atoms with van der Waals surface area (Å²) >= 11 is 0. The smallest absolute Gasteiger partial charge is 0.138 e. The lowest BCUT2D eigenvalue weighted by atomic mass is 10.1. The zero-order chi connectivity index (χ0) is 9.54. The van der Waals surface area contributed by atoms with Gasteiger partial charge in [-0.3, -0.25) is 0 Å². The molecule has 0 unspecified atom stereocenters. The highest BCUT2D eigenvalue weighted by atomic mass is 16.3. The molecular weight excluding hydrogens is 172 g/mol. The van der Waals surface area contributed by atoms with E-state index in [0.29, 0.717) is 0 Å². The van der Waals surface area contributed by atoms with Gasteiger partial charge in [0.1, 0.15) is 11.2 Å². The maximum Gasteiger partial charge on any atom is 0.138 e. The van der Waals surface area contributed by atoms with Crippen molar-refractivity contribution >= 4 is 21.9 Å². The van der Waals surface area contributed by atoms with Gasteiger partial charge in [0.25, 0.3) is 0 Å². The van der Waals surface area contributed by atoms with Gasteiger partial charge in [0.05, 0.1) is 0 Å².